The first kappa shape index (κ1) is 20.7. The molecule has 2 nitrogen and oxygen atoms in total. The average Bonchev–Trinajstić information content (AvgIpc) is 2.45. The molecule has 0 spiro atoms. The van der Waals surface area contributed by atoms with Crippen molar-refractivity contribution in [1.82, 2.24) is 0 Å². The zero-order chi connectivity index (χ0) is 15.8. The predicted molar refractivity (Wildman–Crippen MR) is 95.2 cm³/mol. The van der Waals surface area contributed by atoms with Crippen LogP contribution in [0.25, 0.3) is 0 Å². The summed E-state index contributed by atoms with van der Waals surface area (Å²) in [5.74, 6) is -0.675. The molecule has 0 aromatic carbocycles. The minimum Gasteiger partial charge on any atom is -0.481 e. The van der Waals surface area contributed by atoms with Crippen LogP contribution in [0, 0.1) is 0 Å². The van der Waals surface area contributed by atoms with Crippen LogP contribution in [0.2, 0.25) is 0 Å². The van der Waals surface area contributed by atoms with E-state index >= 15 is 0 Å². The van der Waals surface area contributed by atoms with E-state index in [1.165, 1.54) is 51.4 Å². The van der Waals surface area contributed by atoms with E-state index in [0.29, 0.717) is 11.2 Å². The number of unbranched alkanes of at least 4 members (excludes halogenated alkanes) is 9. The fraction of sp³-hybridized carbons (Fsp3) is 0.833. The summed E-state index contributed by atoms with van der Waals surface area (Å²) in [6.07, 6.45) is 19.6. The summed E-state index contributed by atoms with van der Waals surface area (Å²) < 4.78 is 0. The van der Waals surface area contributed by atoms with Gasteiger partial charge in [-0.1, -0.05) is 86.4 Å². The van der Waals surface area contributed by atoms with Gasteiger partial charge in [0.1, 0.15) is 0 Å². The van der Waals surface area contributed by atoms with Gasteiger partial charge in [0.05, 0.1) is 0 Å². The van der Waals surface area contributed by atoms with E-state index < -0.39 is 5.97 Å². The van der Waals surface area contributed by atoms with Crippen LogP contribution in [0.3, 0.4) is 0 Å². The second kappa shape index (κ2) is 16.1. The Balaban J connectivity index is 3.30. The van der Waals surface area contributed by atoms with Crippen LogP contribution in [-0.2, 0) is 4.79 Å². The molecule has 0 heterocycles. The van der Waals surface area contributed by atoms with Crippen molar-refractivity contribution < 1.29 is 9.90 Å². The maximum absolute atomic E-state index is 10.4. The summed E-state index contributed by atoms with van der Waals surface area (Å²) in [4.78, 5) is 10.9. The van der Waals surface area contributed by atoms with E-state index in [-0.39, 0.29) is 0 Å². The smallest absolute Gasteiger partial charge is 0.303 e. The van der Waals surface area contributed by atoms with Gasteiger partial charge in [0.25, 0.3) is 0 Å². The number of rotatable bonds is 15. The Morgan fingerprint density at radius 2 is 1.62 bits per heavy atom. The monoisotopic (exact) mass is 360 g/mol. The topological polar surface area (TPSA) is 37.3 Å². The lowest BCUT2D eigenvalue weighted by Crippen LogP contribution is -1.95. The summed E-state index contributed by atoms with van der Waals surface area (Å²) in [6, 6.07) is 0. The molecule has 0 aromatic rings. The third kappa shape index (κ3) is 17.6. The van der Waals surface area contributed by atoms with Crippen LogP contribution < -0.4 is 0 Å². The molecule has 0 aliphatic rings. The highest BCUT2D eigenvalue weighted by Crippen LogP contribution is 2.15. The molecule has 124 valence electrons. The largest absolute Gasteiger partial charge is 0.481 e. The number of hydrogen-bond donors (Lipinski definition) is 1. The molecule has 0 aliphatic carbocycles. The van der Waals surface area contributed by atoms with Crippen LogP contribution in [0.15, 0.2) is 12.2 Å². The third-order valence-corrected chi connectivity index (χ3v) is 4.45. The van der Waals surface area contributed by atoms with Gasteiger partial charge in [-0.05, 0) is 25.7 Å². The van der Waals surface area contributed by atoms with Gasteiger partial charge in [0, 0.05) is 11.2 Å². The number of alkyl halides is 1. The molecule has 1 unspecified atom stereocenters. The highest BCUT2D eigenvalue weighted by molar-refractivity contribution is 9.09. The first-order chi connectivity index (χ1) is 10.2. The fourth-order valence-corrected chi connectivity index (χ4v) is 2.89. The molecule has 21 heavy (non-hydrogen) atoms. The standard InChI is InChI=1S/C18H33BrO2/c1-2-3-4-5-6-7-8-11-14-17(19)15-12-9-10-13-16-18(20)21/h11,14,17H,2-10,12-13,15-16H2,1H3,(H,20,21)/b14-11-. The minimum atomic E-state index is -0.675. The molecule has 0 fully saturated rings. The van der Waals surface area contributed by atoms with E-state index in [4.69, 9.17) is 5.11 Å². The van der Waals surface area contributed by atoms with Gasteiger partial charge in [0.2, 0.25) is 0 Å². The van der Waals surface area contributed by atoms with Gasteiger partial charge >= 0.3 is 5.97 Å². The van der Waals surface area contributed by atoms with Gasteiger partial charge in [-0.15, -0.1) is 0 Å². The number of hydrogen-bond acceptors (Lipinski definition) is 1. The van der Waals surface area contributed by atoms with Crippen molar-refractivity contribution >= 4 is 21.9 Å². The summed E-state index contributed by atoms with van der Waals surface area (Å²) in [6.45, 7) is 2.25. The zero-order valence-electron chi connectivity index (χ0n) is 13.7. The lowest BCUT2D eigenvalue weighted by atomic mass is 10.1. The molecular weight excluding hydrogens is 328 g/mol. The van der Waals surface area contributed by atoms with Gasteiger partial charge in [0.15, 0.2) is 0 Å². The molecule has 0 saturated heterocycles. The average molecular weight is 361 g/mol. The van der Waals surface area contributed by atoms with Crippen molar-refractivity contribution in [2.45, 2.75) is 95.2 Å². The number of aliphatic carboxylic acids is 1. The highest BCUT2D eigenvalue weighted by Gasteiger charge is 2.00. The summed E-state index contributed by atoms with van der Waals surface area (Å²) in [5, 5.41) is 8.54. The summed E-state index contributed by atoms with van der Waals surface area (Å²) >= 11 is 3.69. The molecule has 1 N–H and O–H groups in total. The Labute approximate surface area is 139 Å². The van der Waals surface area contributed by atoms with Crippen molar-refractivity contribution in [2.24, 2.45) is 0 Å². The Hall–Kier alpha value is -0.310. The number of carboxylic acid groups (broad SMARTS) is 1. The van der Waals surface area contributed by atoms with Crippen molar-refractivity contribution in [3.05, 3.63) is 12.2 Å². The molecule has 0 saturated carbocycles. The second-order valence-electron chi connectivity index (χ2n) is 5.85. The predicted octanol–water partition coefficient (Wildman–Crippen LogP) is 6.48. The SMILES string of the molecule is CCCCCCCC/C=C\C(Br)CCCCCCC(=O)O. The lowest BCUT2D eigenvalue weighted by Gasteiger charge is -2.04. The van der Waals surface area contributed by atoms with E-state index in [1.807, 2.05) is 0 Å². The Morgan fingerprint density at radius 1 is 1.00 bits per heavy atom. The Kier molecular flexibility index (Phi) is 15.8. The lowest BCUT2D eigenvalue weighted by molar-refractivity contribution is -0.137. The Bertz CT molecular complexity index is 264. The Morgan fingerprint density at radius 3 is 2.33 bits per heavy atom. The molecule has 0 amide bonds. The van der Waals surface area contributed by atoms with Gasteiger partial charge in [-0.3, -0.25) is 4.79 Å². The fourth-order valence-electron chi connectivity index (χ4n) is 2.35. The maximum Gasteiger partial charge on any atom is 0.303 e. The third-order valence-electron chi connectivity index (χ3n) is 3.69. The van der Waals surface area contributed by atoms with Crippen molar-refractivity contribution in [1.29, 1.82) is 0 Å². The normalized spacial score (nSPS) is 12.9. The van der Waals surface area contributed by atoms with E-state index in [0.717, 1.165) is 25.7 Å². The first-order valence-electron chi connectivity index (χ1n) is 8.69. The van der Waals surface area contributed by atoms with Crippen molar-refractivity contribution in [3.8, 4) is 0 Å². The van der Waals surface area contributed by atoms with E-state index in [9.17, 15) is 4.79 Å². The number of carboxylic acids is 1. The van der Waals surface area contributed by atoms with Crippen molar-refractivity contribution in [3.63, 3.8) is 0 Å². The van der Waals surface area contributed by atoms with E-state index in [2.05, 4.69) is 35.0 Å². The molecule has 0 radical (unpaired) electrons. The van der Waals surface area contributed by atoms with Crippen LogP contribution in [-0.4, -0.2) is 15.9 Å². The zero-order valence-corrected chi connectivity index (χ0v) is 15.2. The minimum absolute atomic E-state index is 0.315. The molecule has 0 aromatic heterocycles. The van der Waals surface area contributed by atoms with Gasteiger partial charge < -0.3 is 5.11 Å². The van der Waals surface area contributed by atoms with Gasteiger partial charge in [-0.25, -0.2) is 0 Å². The second-order valence-corrected chi connectivity index (χ2v) is 7.02. The molecule has 3 heteroatoms. The number of allylic oxidation sites excluding steroid dienone is 2. The van der Waals surface area contributed by atoms with Crippen LogP contribution in [0.5, 0.6) is 0 Å². The van der Waals surface area contributed by atoms with Crippen LogP contribution in [0.1, 0.15) is 90.4 Å². The molecule has 1 atom stereocenters. The summed E-state index contributed by atoms with van der Waals surface area (Å²) in [7, 11) is 0. The van der Waals surface area contributed by atoms with E-state index in [1.54, 1.807) is 0 Å². The number of halogens is 1. The van der Waals surface area contributed by atoms with Crippen LogP contribution in [0.4, 0.5) is 0 Å². The van der Waals surface area contributed by atoms with Crippen molar-refractivity contribution in [2.75, 3.05) is 0 Å². The molecule has 0 aliphatic heterocycles. The molecule has 0 rings (SSSR count). The first-order valence-corrected chi connectivity index (χ1v) is 9.61. The molecular formula is C18H33BrO2. The number of carbonyl (C=O) groups is 1. The summed E-state index contributed by atoms with van der Waals surface area (Å²) in [5.41, 5.74) is 0. The highest BCUT2D eigenvalue weighted by atomic mass is 79.9. The maximum atomic E-state index is 10.4. The molecule has 0 bridgehead atoms. The van der Waals surface area contributed by atoms with Crippen LogP contribution >= 0.6 is 15.9 Å². The quantitative estimate of drug-likeness (QED) is 0.206. The van der Waals surface area contributed by atoms with Gasteiger partial charge in [-0.2, -0.15) is 0 Å².